The number of halogens is 1. The lowest BCUT2D eigenvalue weighted by molar-refractivity contribution is -0.129. The van der Waals surface area contributed by atoms with Crippen molar-refractivity contribution in [2.75, 3.05) is 19.0 Å². The average Bonchev–Trinajstić information content (AvgIpc) is 2.55. The van der Waals surface area contributed by atoms with Gasteiger partial charge >= 0.3 is 0 Å². The largest absolute Gasteiger partial charge is 0.353 e. The maximum atomic E-state index is 12.3. The molecule has 0 aliphatic carbocycles. The number of amides is 2. The van der Waals surface area contributed by atoms with E-state index in [0.717, 1.165) is 12.8 Å². The number of carbonyl (C=O) groups is 2. The molecule has 2 amide bonds. The van der Waals surface area contributed by atoms with Crippen molar-refractivity contribution in [3.05, 3.63) is 24.3 Å². The van der Waals surface area contributed by atoms with E-state index in [4.69, 9.17) is 11.6 Å². The van der Waals surface area contributed by atoms with Gasteiger partial charge in [-0.25, -0.2) is 4.98 Å². The van der Waals surface area contributed by atoms with E-state index in [1.54, 1.807) is 4.90 Å². The van der Waals surface area contributed by atoms with Gasteiger partial charge in [-0.05, 0) is 26.7 Å². The van der Waals surface area contributed by atoms with Gasteiger partial charge in [-0.3, -0.25) is 14.6 Å². The number of aromatic nitrogens is 2. The van der Waals surface area contributed by atoms with E-state index in [1.165, 1.54) is 18.6 Å². The van der Waals surface area contributed by atoms with Crippen LogP contribution in [0.2, 0.25) is 0 Å². The van der Waals surface area contributed by atoms with Gasteiger partial charge in [-0.1, -0.05) is 0 Å². The molecule has 22 heavy (non-hydrogen) atoms. The summed E-state index contributed by atoms with van der Waals surface area (Å²) in [7, 11) is 0. The number of rotatable bonds is 4. The molecule has 0 saturated carbocycles. The highest BCUT2D eigenvalue weighted by Gasteiger charge is 2.30. The number of nitrogens with zero attached hydrogens (tertiary/aromatic N) is 3. The first kappa shape index (κ1) is 16.7. The molecule has 0 radical (unpaired) electrons. The summed E-state index contributed by atoms with van der Waals surface area (Å²) in [5.41, 5.74) is -0.220. The molecular weight excluding hydrogens is 304 g/mol. The van der Waals surface area contributed by atoms with Gasteiger partial charge in [0.05, 0.1) is 11.6 Å². The zero-order valence-corrected chi connectivity index (χ0v) is 13.6. The molecule has 6 nitrogen and oxygen atoms in total. The highest BCUT2D eigenvalue weighted by Crippen LogP contribution is 2.19. The highest BCUT2D eigenvalue weighted by atomic mass is 35.5. The molecule has 0 aromatic carbocycles. The van der Waals surface area contributed by atoms with Crippen LogP contribution >= 0.6 is 11.6 Å². The quantitative estimate of drug-likeness (QED) is 0.851. The van der Waals surface area contributed by atoms with Crippen LogP contribution in [0.1, 0.15) is 37.2 Å². The first-order valence-electron chi connectivity index (χ1n) is 7.36. The molecule has 0 bridgehead atoms. The molecule has 1 aliphatic heterocycles. The van der Waals surface area contributed by atoms with E-state index in [9.17, 15) is 9.59 Å². The second kappa shape index (κ2) is 7.05. The van der Waals surface area contributed by atoms with Crippen molar-refractivity contribution >= 4 is 23.4 Å². The second-order valence-corrected chi connectivity index (χ2v) is 6.42. The molecule has 1 saturated heterocycles. The summed E-state index contributed by atoms with van der Waals surface area (Å²) in [6.45, 7) is 4.84. The molecule has 120 valence electrons. The van der Waals surface area contributed by atoms with Crippen LogP contribution in [0.3, 0.4) is 0 Å². The summed E-state index contributed by atoms with van der Waals surface area (Å²) in [5, 5.41) is 3.02. The first-order chi connectivity index (χ1) is 10.4. The van der Waals surface area contributed by atoms with Crippen molar-refractivity contribution in [3.8, 4) is 0 Å². The van der Waals surface area contributed by atoms with Gasteiger partial charge in [0.2, 0.25) is 5.91 Å². The van der Waals surface area contributed by atoms with Crippen LogP contribution in [0, 0.1) is 5.41 Å². The van der Waals surface area contributed by atoms with E-state index in [1.807, 2.05) is 13.8 Å². The predicted molar refractivity (Wildman–Crippen MR) is 83.6 cm³/mol. The summed E-state index contributed by atoms with van der Waals surface area (Å²) in [4.78, 5) is 34.0. The third-order valence-corrected chi connectivity index (χ3v) is 4.52. The molecule has 1 aromatic rings. The minimum absolute atomic E-state index is 0.0406. The molecule has 1 aliphatic rings. The van der Waals surface area contributed by atoms with Gasteiger partial charge < -0.3 is 10.2 Å². The second-order valence-electron chi connectivity index (χ2n) is 6.15. The fourth-order valence-electron chi connectivity index (χ4n) is 2.24. The number of piperidine rings is 1. The van der Waals surface area contributed by atoms with Gasteiger partial charge in [-0.15, -0.1) is 11.6 Å². The Balaban J connectivity index is 1.86. The molecule has 7 heteroatoms. The van der Waals surface area contributed by atoms with E-state index in [2.05, 4.69) is 15.3 Å². The molecule has 2 heterocycles. The Morgan fingerprint density at radius 3 is 2.59 bits per heavy atom. The Bertz CT molecular complexity index is 528. The van der Waals surface area contributed by atoms with Crippen LogP contribution < -0.4 is 5.32 Å². The molecule has 1 fully saturated rings. The summed E-state index contributed by atoms with van der Waals surface area (Å²) in [5.74, 6) is 0.128. The van der Waals surface area contributed by atoms with Gasteiger partial charge in [0.1, 0.15) is 5.69 Å². The maximum absolute atomic E-state index is 12.3. The molecule has 1 N–H and O–H groups in total. The fraction of sp³-hybridized carbons (Fsp3) is 0.600. The Hall–Kier alpha value is -1.69. The third-order valence-electron chi connectivity index (χ3n) is 3.85. The highest BCUT2D eigenvalue weighted by molar-refractivity contribution is 6.19. The Morgan fingerprint density at radius 2 is 2.05 bits per heavy atom. The fourth-order valence-corrected chi connectivity index (χ4v) is 2.36. The van der Waals surface area contributed by atoms with Crippen LogP contribution in [0.25, 0.3) is 0 Å². The van der Waals surface area contributed by atoms with Gasteiger partial charge in [0, 0.05) is 37.4 Å². The molecule has 1 aromatic heterocycles. The maximum Gasteiger partial charge on any atom is 0.274 e. The van der Waals surface area contributed by atoms with E-state index in [-0.39, 0.29) is 23.7 Å². The number of hydrogen-bond acceptors (Lipinski definition) is 4. The minimum Gasteiger partial charge on any atom is -0.353 e. The molecule has 0 atom stereocenters. The number of alkyl halides is 1. The van der Waals surface area contributed by atoms with Crippen LogP contribution in [-0.4, -0.2) is 51.7 Å². The van der Waals surface area contributed by atoms with Gasteiger partial charge in [-0.2, -0.15) is 0 Å². The topological polar surface area (TPSA) is 75.2 Å². The normalized spacial score (nSPS) is 16.4. The van der Waals surface area contributed by atoms with E-state index in [0.29, 0.717) is 18.8 Å². The summed E-state index contributed by atoms with van der Waals surface area (Å²) in [6, 6.07) is 0.0842. The van der Waals surface area contributed by atoms with Gasteiger partial charge in [0.25, 0.3) is 5.91 Å². The van der Waals surface area contributed by atoms with Crippen LogP contribution in [0.4, 0.5) is 0 Å². The molecule has 0 spiro atoms. The van der Waals surface area contributed by atoms with Crippen molar-refractivity contribution in [3.63, 3.8) is 0 Å². The SMILES string of the molecule is CC(C)(CCl)C(=O)NC1CCN(C(=O)c2cnccn2)CC1. The molecular formula is C15H21ClN4O2. The number of likely N-dealkylation sites (tertiary alicyclic amines) is 1. The van der Waals surface area contributed by atoms with Crippen molar-refractivity contribution in [1.82, 2.24) is 20.2 Å². The predicted octanol–water partition coefficient (Wildman–Crippen LogP) is 1.46. The summed E-state index contributed by atoms with van der Waals surface area (Å²) in [6.07, 6.45) is 5.98. The van der Waals surface area contributed by atoms with Crippen LogP contribution in [0.15, 0.2) is 18.6 Å². The monoisotopic (exact) mass is 324 g/mol. The lowest BCUT2D eigenvalue weighted by Crippen LogP contribution is -2.49. The summed E-state index contributed by atoms with van der Waals surface area (Å²) < 4.78 is 0. The summed E-state index contributed by atoms with van der Waals surface area (Å²) >= 11 is 5.81. The Kier molecular flexibility index (Phi) is 5.34. The lowest BCUT2D eigenvalue weighted by Gasteiger charge is -2.33. The van der Waals surface area contributed by atoms with Crippen molar-refractivity contribution < 1.29 is 9.59 Å². The van der Waals surface area contributed by atoms with Crippen molar-refractivity contribution in [2.45, 2.75) is 32.7 Å². The Morgan fingerprint density at radius 1 is 1.36 bits per heavy atom. The van der Waals surface area contributed by atoms with Crippen LogP contribution in [0.5, 0.6) is 0 Å². The smallest absolute Gasteiger partial charge is 0.274 e. The van der Waals surface area contributed by atoms with E-state index < -0.39 is 5.41 Å². The van der Waals surface area contributed by atoms with E-state index >= 15 is 0 Å². The minimum atomic E-state index is -0.575. The van der Waals surface area contributed by atoms with Crippen molar-refractivity contribution in [1.29, 1.82) is 0 Å². The zero-order chi connectivity index (χ0) is 16.2. The molecule has 2 rings (SSSR count). The standard InChI is InChI=1S/C15H21ClN4O2/c1-15(2,10-16)14(22)19-11-3-7-20(8-4-11)13(21)12-9-17-5-6-18-12/h5-6,9,11H,3-4,7-8,10H2,1-2H3,(H,19,22). The third kappa shape index (κ3) is 3.94. The van der Waals surface area contributed by atoms with Crippen molar-refractivity contribution in [2.24, 2.45) is 5.41 Å². The Labute approximate surface area is 135 Å². The van der Waals surface area contributed by atoms with Gasteiger partial charge in [0.15, 0.2) is 0 Å². The number of carbonyl (C=O) groups excluding carboxylic acids is 2. The van der Waals surface area contributed by atoms with Crippen LogP contribution in [-0.2, 0) is 4.79 Å². The zero-order valence-electron chi connectivity index (χ0n) is 12.9. The first-order valence-corrected chi connectivity index (χ1v) is 7.90. The number of hydrogen-bond donors (Lipinski definition) is 1. The molecule has 0 unspecified atom stereocenters. The number of nitrogens with one attached hydrogen (secondary N) is 1. The lowest BCUT2D eigenvalue weighted by atomic mass is 9.93. The average molecular weight is 325 g/mol.